The van der Waals surface area contributed by atoms with Crippen LogP contribution in [0.3, 0.4) is 0 Å². The molecule has 0 saturated carbocycles. The monoisotopic (exact) mass is 460 g/mol. The highest BCUT2D eigenvalue weighted by Gasteiger charge is 2.29. The second kappa shape index (κ2) is 12.9. The lowest BCUT2D eigenvalue weighted by Crippen LogP contribution is -2.42. The summed E-state index contributed by atoms with van der Waals surface area (Å²) in [5.41, 5.74) is -0.854. The number of esters is 1. The summed E-state index contributed by atoms with van der Waals surface area (Å²) >= 11 is 0. The zero-order valence-corrected chi connectivity index (χ0v) is 19.2. The molecule has 180 valence electrons. The Hall–Kier alpha value is -2.97. The molecule has 0 atom stereocenters. The van der Waals surface area contributed by atoms with Crippen molar-refractivity contribution in [3.8, 4) is 23.0 Å². The molecule has 2 aromatic carbocycles. The molecule has 1 aliphatic rings. The fourth-order valence-electron chi connectivity index (χ4n) is 3.10. The topological polar surface area (TPSA) is 81.7 Å². The second-order valence-electron chi connectivity index (χ2n) is 7.63. The van der Waals surface area contributed by atoms with Crippen LogP contribution < -0.4 is 18.9 Å². The first kappa shape index (κ1) is 24.7. The summed E-state index contributed by atoms with van der Waals surface area (Å²) < 4.78 is 40.5. The van der Waals surface area contributed by atoms with Gasteiger partial charge in [-0.15, -0.1) is 0 Å². The predicted octanol–water partition coefficient (Wildman–Crippen LogP) is 3.66. The molecule has 1 aliphatic heterocycles. The average Bonchev–Trinajstić information content (AvgIpc) is 2.82. The van der Waals surface area contributed by atoms with Gasteiger partial charge in [-0.1, -0.05) is 24.3 Å². The number of carbonyl (C=O) groups is 1. The van der Waals surface area contributed by atoms with Crippen LogP contribution in [0.15, 0.2) is 48.5 Å². The summed E-state index contributed by atoms with van der Waals surface area (Å²) in [6.45, 7) is 6.12. The van der Waals surface area contributed by atoms with Gasteiger partial charge in [0.2, 0.25) is 0 Å². The maximum Gasteiger partial charge on any atom is 0.308 e. The molecular weight excluding hydrogens is 428 g/mol. The molecule has 0 saturated heterocycles. The Morgan fingerprint density at radius 1 is 0.818 bits per heavy atom. The first-order valence-corrected chi connectivity index (χ1v) is 11.2. The summed E-state index contributed by atoms with van der Waals surface area (Å²) in [6, 6.07) is 14.9. The van der Waals surface area contributed by atoms with Crippen LogP contribution in [0.2, 0.25) is 0 Å². The number of carbonyl (C=O) groups excluding carboxylic acids is 1. The number of fused-ring (bicyclic) bond motifs is 2. The number of ether oxygens (including phenoxy) is 7. The normalized spacial score (nSPS) is 16.5. The molecule has 0 fully saturated rings. The Kier molecular flexibility index (Phi) is 9.65. The van der Waals surface area contributed by atoms with Gasteiger partial charge in [-0.05, 0) is 38.1 Å². The Labute approximate surface area is 194 Å². The van der Waals surface area contributed by atoms with E-state index in [0.29, 0.717) is 56.0 Å². The second-order valence-corrected chi connectivity index (χ2v) is 7.63. The van der Waals surface area contributed by atoms with Gasteiger partial charge in [0.05, 0.1) is 32.8 Å². The van der Waals surface area contributed by atoms with Gasteiger partial charge in [0.25, 0.3) is 0 Å². The lowest BCUT2D eigenvalue weighted by Gasteiger charge is -2.30. The quantitative estimate of drug-likeness (QED) is 0.626. The SMILES string of the molecule is CCOC(=O)CCOC1(C)COc2ccccc2OCCOCCOc2ccccc2OC1. The lowest BCUT2D eigenvalue weighted by molar-refractivity contribution is -0.147. The third-order valence-electron chi connectivity index (χ3n) is 4.80. The van der Waals surface area contributed by atoms with E-state index in [1.54, 1.807) is 6.92 Å². The number of rotatable bonds is 5. The van der Waals surface area contributed by atoms with E-state index < -0.39 is 5.60 Å². The van der Waals surface area contributed by atoms with Crippen LogP contribution in [0.25, 0.3) is 0 Å². The maximum absolute atomic E-state index is 11.7. The van der Waals surface area contributed by atoms with Gasteiger partial charge in [0, 0.05) is 0 Å². The molecule has 0 aliphatic carbocycles. The highest BCUT2D eigenvalue weighted by Crippen LogP contribution is 2.30. The van der Waals surface area contributed by atoms with Crippen molar-refractivity contribution in [2.75, 3.05) is 52.9 Å². The number of hydrogen-bond donors (Lipinski definition) is 0. The van der Waals surface area contributed by atoms with E-state index in [-0.39, 0.29) is 32.2 Å². The predicted molar refractivity (Wildman–Crippen MR) is 121 cm³/mol. The molecule has 33 heavy (non-hydrogen) atoms. The van der Waals surface area contributed by atoms with Gasteiger partial charge >= 0.3 is 5.97 Å². The first-order valence-electron chi connectivity index (χ1n) is 11.2. The summed E-state index contributed by atoms with van der Waals surface area (Å²) in [5.74, 6) is 2.10. The molecule has 0 unspecified atom stereocenters. The highest BCUT2D eigenvalue weighted by atomic mass is 16.6. The molecule has 0 radical (unpaired) electrons. The maximum atomic E-state index is 11.7. The summed E-state index contributed by atoms with van der Waals surface area (Å²) in [7, 11) is 0. The summed E-state index contributed by atoms with van der Waals surface area (Å²) in [6.07, 6.45) is 0.142. The van der Waals surface area contributed by atoms with Crippen LogP contribution in [0.5, 0.6) is 23.0 Å². The summed E-state index contributed by atoms with van der Waals surface area (Å²) in [4.78, 5) is 11.7. The van der Waals surface area contributed by atoms with E-state index in [2.05, 4.69) is 0 Å². The molecule has 0 bridgehead atoms. The molecule has 8 heteroatoms. The number of para-hydroxylation sites is 4. The van der Waals surface area contributed by atoms with Crippen LogP contribution in [-0.4, -0.2) is 64.4 Å². The molecule has 0 N–H and O–H groups in total. The van der Waals surface area contributed by atoms with Crippen molar-refractivity contribution in [3.05, 3.63) is 48.5 Å². The fraction of sp³-hybridized carbons (Fsp3) is 0.480. The van der Waals surface area contributed by atoms with E-state index in [0.717, 1.165) is 0 Å². The van der Waals surface area contributed by atoms with Crippen molar-refractivity contribution in [1.29, 1.82) is 0 Å². The molecule has 3 rings (SSSR count). The summed E-state index contributed by atoms with van der Waals surface area (Å²) in [5, 5.41) is 0. The van der Waals surface area contributed by atoms with Crippen molar-refractivity contribution in [1.82, 2.24) is 0 Å². The smallest absolute Gasteiger partial charge is 0.308 e. The Morgan fingerprint density at radius 3 is 1.79 bits per heavy atom. The lowest BCUT2D eigenvalue weighted by atomic mass is 10.1. The van der Waals surface area contributed by atoms with Gasteiger partial charge in [0.15, 0.2) is 23.0 Å². The molecule has 0 aromatic heterocycles. The average molecular weight is 461 g/mol. The van der Waals surface area contributed by atoms with Crippen LogP contribution in [0, 0.1) is 0 Å². The van der Waals surface area contributed by atoms with E-state index in [1.807, 2.05) is 55.5 Å². The van der Waals surface area contributed by atoms with Crippen molar-refractivity contribution in [2.24, 2.45) is 0 Å². The third-order valence-corrected chi connectivity index (χ3v) is 4.80. The van der Waals surface area contributed by atoms with Crippen molar-refractivity contribution in [2.45, 2.75) is 25.9 Å². The van der Waals surface area contributed by atoms with Gasteiger partial charge in [-0.25, -0.2) is 0 Å². The minimum Gasteiger partial charge on any atom is -0.487 e. The minimum absolute atomic E-state index is 0.142. The van der Waals surface area contributed by atoms with Crippen molar-refractivity contribution >= 4 is 5.97 Å². The van der Waals surface area contributed by atoms with Crippen LogP contribution in [0.1, 0.15) is 20.3 Å². The van der Waals surface area contributed by atoms with Crippen molar-refractivity contribution in [3.63, 3.8) is 0 Å². The largest absolute Gasteiger partial charge is 0.487 e. The van der Waals surface area contributed by atoms with Crippen LogP contribution in [-0.2, 0) is 19.0 Å². The molecule has 0 amide bonds. The zero-order chi connectivity index (χ0) is 23.4. The number of hydrogen-bond acceptors (Lipinski definition) is 8. The van der Waals surface area contributed by atoms with Crippen molar-refractivity contribution < 1.29 is 38.0 Å². The molecule has 8 nitrogen and oxygen atoms in total. The van der Waals surface area contributed by atoms with Gasteiger partial charge in [0.1, 0.15) is 32.0 Å². The first-order chi connectivity index (χ1) is 16.1. The standard InChI is InChI=1S/C25H32O8/c1-3-28-24(26)12-13-33-25(2)18-31-22-10-6-4-8-20(22)29-16-14-27-15-17-30-21-9-5-7-11-23(21)32-19-25/h4-11H,3,12-19H2,1-2H3. The van der Waals surface area contributed by atoms with E-state index in [4.69, 9.17) is 33.2 Å². The van der Waals surface area contributed by atoms with Crippen LogP contribution in [0.4, 0.5) is 0 Å². The van der Waals surface area contributed by atoms with Gasteiger partial charge < -0.3 is 33.2 Å². The molecule has 0 spiro atoms. The highest BCUT2D eigenvalue weighted by molar-refractivity contribution is 5.69. The van der Waals surface area contributed by atoms with E-state index >= 15 is 0 Å². The molecule has 2 aromatic rings. The van der Waals surface area contributed by atoms with E-state index in [1.165, 1.54) is 0 Å². The Balaban J connectivity index is 1.76. The van der Waals surface area contributed by atoms with E-state index in [9.17, 15) is 4.79 Å². The third kappa shape index (κ3) is 8.14. The number of benzene rings is 2. The zero-order valence-electron chi connectivity index (χ0n) is 19.2. The Morgan fingerprint density at radius 2 is 1.30 bits per heavy atom. The minimum atomic E-state index is -0.854. The molecule has 1 heterocycles. The van der Waals surface area contributed by atoms with Gasteiger partial charge in [-0.3, -0.25) is 4.79 Å². The van der Waals surface area contributed by atoms with Gasteiger partial charge in [-0.2, -0.15) is 0 Å². The fourth-order valence-corrected chi connectivity index (χ4v) is 3.10. The molecular formula is C25H32O8. The Bertz CT molecular complexity index is 813. The van der Waals surface area contributed by atoms with Crippen LogP contribution >= 0.6 is 0 Å².